The summed E-state index contributed by atoms with van der Waals surface area (Å²) in [6, 6.07) is 50.7. The molecule has 0 spiro atoms. The first-order valence-corrected chi connectivity index (χ1v) is 55.7. The highest BCUT2D eigenvalue weighted by Gasteiger charge is 2.39. The van der Waals surface area contributed by atoms with E-state index in [9.17, 15) is 70.4 Å². The number of rotatable bonds is 28. The molecule has 0 bridgehead atoms. The molecule has 4 amide bonds. The topological polar surface area (TPSA) is 369 Å². The van der Waals surface area contributed by atoms with Crippen molar-refractivity contribution in [2.24, 2.45) is 0 Å². The average Bonchev–Trinajstić information content (AvgIpc) is 0.933. The lowest BCUT2D eigenvalue weighted by atomic mass is 10.00. The maximum atomic E-state index is 13.4. The Morgan fingerprint density at radius 3 is 1.67 bits per heavy atom. The summed E-state index contributed by atoms with van der Waals surface area (Å²) in [6.45, 7) is 11.6. The van der Waals surface area contributed by atoms with Crippen LogP contribution in [0, 0.1) is 5.82 Å². The molecule has 19 rings (SSSR count). The van der Waals surface area contributed by atoms with Crippen LogP contribution < -0.4 is 54.0 Å². The van der Waals surface area contributed by atoms with Gasteiger partial charge in [-0.2, -0.15) is 17.5 Å². The van der Waals surface area contributed by atoms with Crippen molar-refractivity contribution >= 4 is 204 Å². The van der Waals surface area contributed by atoms with E-state index in [0.717, 1.165) is 137 Å². The lowest BCUT2D eigenvalue weighted by Crippen LogP contribution is -2.55. The number of fused-ring (bicyclic) bond motifs is 3. The fourth-order valence-corrected chi connectivity index (χ4v) is 25.5. The van der Waals surface area contributed by atoms with Gasteiger partial charge in [0.2, 0.25) is 28.8 Å². The van der Waals surface area contributed by atoms with Gasteiger partial charge in [0.25, 0.3) is 40.1 Å². The van der Waals surface area contributed by atoms with E-state index >= 15 is 0 Å². The summed E-state index contributed by atoms with van der Waals surface area (Å²) in [6.07, 6.45) is 9.83. The fourth-order valence-electron chi connectivity index (χ4n) is 17.8. The number of carbonyl (C=O) groups excluding carboxylic acids is 4. The number of nitrogens with zero attached hydrogens (tertiary/aromatic N) is 13. The van der Waals surface area contributed by atoms with Gasteiger partial charge in [-0.25, -0.2) is 58.0 Å². The number of hydrogen-bond acceptors (Lipinski definition) is 26. The number of benzene rings is 8. The molecule has 5 aromatic heterocycles. The maximum absolute atomic E-state index is 13.4. The number of sulfonamides is 4. The van der Waals surface area contributed by atoms with Gasteiger partial charge in [0.1, 0.15) is 24.2 Å². The number of nitrogens with one attached hydrogen (secondary N) is 6. The lowest BCUT2D eigenvalue weighted by molar-refractivity contribution is -0.140. The largest absolute Gasteiger partial charge is 0.434 e. The minimum atomic E-state index is -4.65. The Hall–Kier alpha value is -11.6. The van der Waals surface area contributed by atoms with Crippen LogP contribution >= 0.6 is 80.3 Å². The van der Waals surface area contributed by atoms with E-state index in [4.69, 9.17) is 34.8 Å². The number of carbonyl (C=O) groups is 4. The van der Waals surface area contributed by atoms with Gasteiger partial charge < -0.3 is 49.5 Å². The second-order valence-corrected chi connectivity index (χ2v) is 45.5. The van der Waals surface area contributed by atoms with E-state index in [2.05, 4.69) is 78.0 Å². The minimum absolute atomic E-state index is 0. The van der Waals surface area contributed by atoms with Crippen molar-refractivity contribution in [1.82, 2.24) is 49.3 Å². The van der Waals surface area contributed by atoms with Crippen LogP contribution in [0.3, 0.4) is 0 Å². The summed E-state index contributed by atoms with van der Waals surface area (Å²) in [5.74, 6) is -0.163. The van der Waals surface area contributed by atoms with Crippen LogP contribution in [0.2, 0.25) is 15.1 Å². The summed E-state index contributed by atoms with van der Waals surface area (Å²) in [5.41, 5.74) is 8.54. The summed E-state index contributed by atoms with van der Waals surface area (Å²) in [5, 5.41) is 14.2. The van der Waals surface area contributed by atoms with Crippen molar-refractivity contribution in [3.8, 4) is 0 Å². The third-order valence-corrected chi connectivity index (χ3v) is 34.3. The number of amides is 4. The molecule has 0 saturated carbocycles. The molecule has 141 heavy (non-hydrogen) atoms. The maximum Gasteiger partial charge on any atom is 0.434 e. The fraction of sp³-hybridized carbons (Fsp3) is 0.316. The summed E-state index contributed by atoms with van der Waals surface area (Å²) >= 11 is 22.4. The van der Waals surface area contributed by atoms with Gasteiger partial charge in [0.05, 0.1) is 31.7 Å². The van der Waals surface area contributed by atoms with E-state index in [1.165, 1.54) is 77.2 Å². The van der Waals surface area contributed by atoms with Crippen molar-refractivity contribution in [2.45, 2.75) is 141 Å². The Balaban J connectivity index is 0.000000217. The van der Waals surface area contributed by atoms with E-state index < -0.39 is 52.0 Å². The molecule has 8 aromatic carbocycles. The number of alkyl halides is 3. The Morgan fingerprint density at radius 2 is 1.11 bits per heavy atom. The molecule has 4 saturated heterocycles. The van der Waals surface area contributed by atoms with Crippen LogP contribution in [0.1, 0.15) is 103 Å². The van der Waals surface area contributed by atoms with Gasteiger partial charge in [-0.05, 0) is 258 Å². The standard InChI is InChI=1S/C26H27ClF3N5O3S2.C24H27ClN6O3S2.C24H23ClN4O3S2.C21H21FN4O3S2.7H2/c1-17(35-10-2-3-18-15-19(27)4-9-22(18)35)24(36)34-13-11-33(12-14-34)20-5-7-21(8-6-20)40(37,38)32-25-31-23(16-39-25)26(28,29)30;1-16(31-11-2-3-17-13-18(25)4-9-22(17)31)23(32)28-19-10-12-30(14-19)20-5-7-21(8-6-20)36(33,34)29-24-26-15-27-35-24;25-19-5-8-21-18(16-19)9-13-28(21)14-10-23(30)29-12-1-2-22(29)17-3-6-20(7-4-17)34(31,32)27-24-26-11-15-33-24;22-16-3-1-2-15(14-16)8-10-23-19-9-12-26(20(19)27)17-4-6-18(7-5-17)31(28,29)25-21-24-11-13-30-21;;;;;;;/h4-9,15-17H,2-3,10-14H2,1H3,(H,31,32);4-9,13,15-16,19H,2-3,10-12,14H2,1H3,(H,28,32)(H,26,27,29);3-9,11,13,15-16,22H,1-2,10,12,14H2,(H,26,27);1-7,11,13-14,19,23H,8-10,12H2,(H,24,25);7*1H/t17-;16-,19+;;;;;;;;;/m11........./s1. The van der Waals surface area contributed by atoms with Gasteiger partial charge in [0, 0.05) is 195 Å². The van der Waals surface area contributed by atoms with Crippen LogP contribution in [0.25, 0.3) is 10.9 Å². The van der Waals surface area contributed by atoms with Gasteiger partial charge in [-0.3, -0.25) is 38.1 Å². The van der Waals surface area contributed by atoms with Gasteiger partial charge >= 0.3 is 6.18 Å². The second-order valence-electron chi connectivity index (χ2n) is 34.0. The predicted octanol–water partition coefficient (Wildman–Crippen LogP) is 18.7. The highest BCUT2D eigenvalue weighted by Crippen LogP contribution is 2.39. The first-order chi connectivity index (χ1) is 67.5. The molecular formula is C95H112Cl3F4N19O12S8. The van der Waals surface area contributed by atoms with Gasteiger partial charge in [0.15, 0.2) is 21.1 Å². The molecule has 0 radical (unpaired) electrons. The molecule has 4 fully saturated rings. The summed E-state index contributed by atoms with van der Waals surface area (Å²) in [4.78, 5) is 81.7. The third kappa shape index (κ3) is 25.5. The van der Waals surface area contributed by atoms with Gasteiger partial charge in [-0.1, -0.05) is 59.1 Å². The lowest BCUT2D eigenvalue weighted by Gasteiger charge is -2.41. The highest BCUT2D eigenvalue weighted by molar-refractivity contribution is 7.94. The van der Waals surface area contributed by atoms with Crippen LogP contribution in [-0.2, 0) is 91.3 Å². The first-order valence-electron chi connectivity index (χ1n) is 45.2. The summed E-state index contributed by atoms with van der Waals surface area (Å²) in [7, 11) is -15.3. The van der Waals surface area contributed by atoms with Crippen LogP contribution in [0.4, 0.5) is 66.5 Å². The Morgan fingerprint density at radius 1 is 0.553 bits per heavy atom. The molecule has 6 N–H and O–H groups in total. The number of aromatic nitrogens is 6. The molecule has 756 valence electrons. The van der Waals surface area contributed by atoms with Crippen molar-refractivity contribution in [1.29, 1.82) is 0 Å². The number of hydrogen-bond donors (Lipinski definition) is 6. The monoisotopic (exact) mass is 2150 g/mol. The third-order valence-electron chi connectivity index (χ3n) is 24.9. The number of likely N-dealkylation sites (tertiary alicyclic amines) is 1. The van der Waals surface area contributed by atoms with Crippen molar-refractivity contribution in [3.05, 3.63) is 272 Å². The Labute approximate surface area is 855 Å². The number of piperazine rings is 1. The second kappa shape index (κ2) is 44.9. The minimum Gasteiger partial charge on any atom is -0.369 e. The van der Waals surface area contributed by atoms with Crippen LogP contribution in [0.15, 0.2) is 243 Å². The van der Waals surface area contributed by atoms with E-state index in [0.29, 0.717) is 115 Å². The highest BCUT2D eigenvalue weighted by atomic mass is 35.5. The zero-order valence-electron chi connectivity index (χ0n) is 75.9. The predicted molar refractivity (Wildman–Crippen MR) is 560 cm³/mol. The Kier molecular flexibility index (Phi) is 32.6. The molecule has 6 aliphatic heterocycles. The molecule has 6 aliphatic rings. The van der Waals surface area contributed by atoms with E-state index in [1.807, 2.05) is 96.6 Å². The molecule has 5 atom stereocenters. The first kappa shape index (κ1) is 102. The van der Waals surface area contributed by atoms with Crippen molar-refractivity contribution < 1.29 is 80.4 Å². The van der Waals surface area contributed by atoms with Crippen molar-refractivity contribution in [3.63, 3.8) is 0 Å². The average molecular weight is 2150 g/mol. The Bertz CT molecular complexity index is 7110. The van der Waals surface area contributed by atoms with E-state index in [-0.39, 0.29) is 99.5 Å². The normalized spacial score (nSPS) is 17.1. The van der Waals surface area contributed by atoms with Crippen LogP contribution in [-0.4, -0.2) is 192 Å². The SMILES string of the molecule is C[C@H](C(=O)N1CCN(c2ccc(S(=O)(=O)Nc3nc(C(F)(F)F)cs3)cc2)CC1)N1CCCc2cc(Cl)ccc21.C[C@H](C(=O)N[C@H]1CCN(c2ccc(S(=O)(=O)Nc3ncns3)cc2)C1)N1CCCc2cc(Cl)ccc21.O=C(CCn1ccc2cc(Cl)ccc21)N1CCCC1c1ccc(S(=O)(=O)Nc2nccs2)cc1.O=C1C(NCCc2cccc(F)c2)CCN1c1ccc(S(=O)(=O)Nc2nccs2)cc1.[HH].[HH].[HH].[HH].[HH].[HH].[HH]. The molecule has 2 unspecified atom stereocenters. The molecule has 11 heterocycles. The molecular weight excluding hydrogens is 2040 g/mol. The number of anilines is 9. The van der Waals surface area contributed by atoms with E-state index in [1.54, 1.807) is 101 Å². The molecule has 46 heteroatoms. The number of halogens is 7. The van der Waals surface area contributed by atoms with Crippen molar-refractivity contribution in [2.75, 3.05) is 115 Å². The smallest absolute Gasteiger partial charge is 0.369 e. The van der Waals surface area contributed by atoms with Crippen LogP contribution in [0.5, 0.6) is 0 Å². The molecule has 0 aliphatic carbocycles. The number of aryl methyl sites for hydroxylation is 3. The zero-order chi connectivity index (χ0) is 99.5. The molecule has 13 aromatic rings. The molecule has 31 nitrogen and oxygen atoms in total. The number of thiazole rings is 3. The zero-order valence-corrected chi connectivity index (χ0v) is 84.7. The quantitative estimate of drug-likeness (QED) is 0.0248. The summed E-state index contributed by atoms with van der Waals surface area (Å²) < 4.78 is 167. The van der Waals surface area contributed by atoms with Gasteiger partial charge in [-0.15, -0.1) is 34.0 Å².